The summed E-state index contributed by atoms with van der Waals surface area (Å²) in [6.45, 7) is 8.91. The summed E-state index contributed by atoms with van der Waals surface area (Å²) in [5.41, 5.74) is 4.10. The van der Waals surface area contributed by atoms with Crippen LogP contribution in [0.1, 0.15) is 66.0 Å². The predicted molar refractivity (Wildman–Crippen MR) is 144 cm³/mol. The van der Waals surface area contributed by atoms with Crippen LogP contribution in [0.15, 0.2) is 59.5 Å². The molecule has 1 aliphatic heterocycles. The number of hydrogen-bond donors (Lipinski definition) is 0. The van der Waals surface area contributed by atoms with Gasteiger partial charge in [-0.1, -0.05) is 37.3 Å². The molecule has 0 bridgehead atoms. The van der Waals surface area contributed by atoms with Crippen molar-refractivity contribution in [1.29, 1.82) is 0 Å². The lowest BCUT2D eigenvalue weighted by atomic mass is 9.93. The van der Waals surface area contributed by atoms with Crippen LogP contribution in [0.5, 0.6) is 5.75 Å². The molecule has 38 heavy (non-hydrogen) atoms. The molecule has 202 valence electrons. The molecule has 0 radical (unpaired) electrons. The van der Waals surface area contributed by atoms with Crippen molar-refractivity contribution in [2.45, 2.75) is 64.1 Å². The maximum atomic E-state index is 13.7. The molecule has 3 aromatic rings. The number of nitrogens with zero attached hydrogens (tertiary/aromatic N) is 2. The Morgan fingerprint density at radius 1 is 1.16 bits per heavy atom. The van der Waals surface area contributed by atoms with Crippen LogP contribution in [0.4, 0.5) is 0 Å². The van der Waals surface area contributed by atoms with Gasteiger partial charge in [0.1, 0.15) is 23.4 Å². The highest BCUT2D eigenvalue weighted by atomic mass is 32.2. The first kappa shape index (κ1) is 27.6. The van der Waals surface area contributed by atoms with Gasteiger partial charge in [0.15, 0.2) is 5.78 Å². The summed E-state index contributed by atoms with van der Waals surface area (Å²) in [5.74, 6) is -0.00195. The number of hydrogen-bond acceptors (Lipinski definition) is 6. The molecule has 0 spiro atoms. The first-order valence-corrected chi connectivity index (χ1v) is 14.3. The minimum Gasteiger partial charge on any atom is -0.488 e. The summed E-state index contributed by atoms with van der Waals surface area (Å²) < 4.78 is 42.0. The molecular weight excluding hydrogens is 504 g/mol. The van der Waals surface area contributed by atoms with Crippen LogP contribution in [0.3, 0.4) is 0 Å². The molecule has 2 heterocycles. The molecule has 1 aromatic heterocycles. The molecule has 0 amide bonds. The number of carbonyl (C=O) groups is 2. The fourth-order valence-electron chi connectivity index (χ4n) is 5.01. The molecule has 0 saturated carbocycles. The maximum Gasteiger partial charge on any atom is 0.293 e. The SMILES string of the molecule is CC[C@@H]1CN(Cc2cc(C(COC=O)c3ccc(C(C)=O)n3CC)ccc2C)S(=O)(=O)c2ccccc2O1. The molecule has 0 saturated heterocycles. The summed E-state index contributed by atoms with van der Waals surface area (Å²) in [6.07, 6.45) is 0.389. The lowest BCUT2D eigenvalue weighted by molar-refractivity contribution is -0.129. The summed E-state index contributed by atoms with van der Waals surface area (Å²) in [4.78, 5) is 23.5. The smallest absolute Gasteiger partial charge is 0.293 e. The molecule has 9 heteroatoms. The van der Waals surface area contributed by atoms with Gasteiger partial charge < -0.3 is 14.0 Å². The van der Waals surface area contributed by atoms with Crippen LogP contribution in [-0.2, 0) is 32.6 Å². The minimum absolute atomic E-state index is 0.0444. The Morgan fingerprint density at radius 3 is 2.61 bits per heavy atom. The number of carbonyl (C=O) groups excluding carboxylic acids is 2. The van der Waals surface area contributed by atoms with Gasteiger partial charge in [0.25, 0.3) is 6.47 Å². The number of sulfonamides is 1. The minimum atomic E-state index is -3.80. The second-order valence-corrected chi connectivity index (χ2v) is 11.4. The highest BCUT2D eigenvalue weighted by Gasteiger charge is 2.34. The van der Waals surface area contributed by atoms with E-state index in [2.05, 4.69) is 0 Å². The second-order valence-electron chi connectivity index (χ2n) is 9.50. The third kappa shape index (κ3) is 5.39. The number of rotatable bonds is 10. The Bertz CT molecular complexity index is 1430. The molecule has 8 nitrogen and oxygen atoms in total. The molecule has 0 N–H and O–H groups in total. The van der Waals surface area contributed by atoms with E-state index >= 15 is 0 Å². The van der Waals surface area contributed by atoms with Crippen molar-refractivity contribution in [1.82, 2.24) is 8.87 Å². The maximum absolute atomic E-state index is 13.7. The molecule has 4 rings (SSSR count). The molecule has 2 aromatic carbocycles. The van der Waals surface area contributed by atoms with Crippen LogP contribution in [-0.4, -0.2) is 48.8 Å². The van der Waals surface area contributed by atoms with E-state index in [0.717, 1.165) is 22.4 Å². The monoisotopic (exact) mass is 538 g/mol. The Labute approximate surface area is 224 Å². The third-order valence-corrected chi connectivity index (χ3v) is 8.98. The van der Waals surface area contributed by atoms with E-state index < -0.39 is 10.0 Å². The van der Waals surface area contributed by atoms with Gasteiger partial charge in [0.2, 0.25) is 10.0 Å². The number of ether oxygens (including phenoxy) is 2. The Kier molecular flexibility index (Phi) is 8.38. The van der Waals surface area contributed by atoms with Gasteiger partial charge in [-0.05, 0) is 61.2 Å². The number of aromatic nitrogens is 1. The van der Waals surface area contributed by atoms with Gasteiger partial charge in [0.05, 0.1) is 18.2 Å². The second kappa shape index (κ2) is 11.5. The number of benzene rings is 2. The first-order chi connectivity index (χ1) is 18.2. The summed E-state index contributed by atoms with van der Waals surface area (Å²) in [5, 5.41) is 0. The number of ketones is 1. The lowest BCUT2D eigenvalue weighted by Gasteiger charge is -2.25. The van der Waals surface area contributed by atoms with Gasteiger partial charge in [-0.3, -0.25) is 9.59 Å². The van der Waals surface area contributed by atoms with Crippen LogP contribution in [0.2, 0.25) is 0 Å². The van der Waals surface area contributed by atoms with E-state index in [0.29, 0.717) is 30.9 Å². The fraction of sp³-hybridized carbons (Fsp3) is 0.379. The van der Waals surface area contributed by atoms with Gasteiger partial charge >= 0.3 is 0 Å². The zero-order valence-electron chi connectivity index (χ0n) is 22.2. The normalized spacial score (nSPS) is 17.6. The van der Waals surface area contributed by atoms with E-state index in [1.165, 1.54) is 11.2 Å². The number of Topliss-reactive ketones (excluding diaryl/α,β-unsaturated/α-hetero) is 1. The van der Waals surface area contributed by atoms with Crippen molar-refractivity contribution < 1.29 is 27.5 Å². The van der Waals surface area contributed by atoms with Crippen molar-refractivity contribution >= 4 is 22.3 Å². The predicted octanol–water partition coefficient (Wildman–Crippen LogP) is 4.69. The van der Waals surface area contributed by atoms with Gasteiger partial charge in [0, 0.05) is 25.7 Å². The molecule has 0 aliphatic carbocycles. The summed E-state index contributed by atoms with van der Waals surface area (Å²) >= 11 is 0. The number of aryl methyl sites for hydroxylation is 1. The first-order valence-electron chi connectivity index (χ1n) is 12.8. The van der Waals surface area contributed by atoms with E-state index in [9.17, 15) is 18.0 Å². The highest BCUT2D eigenvalue weighted by molar-refractivity contribution is 7.89. The van der Waals surface area contributed by atoms with Crippen molar-refractivity contribution in [3.05, 3.63) is 82.7 Å². The molecule has 2 atom stereocenters. The number of fused-ring (bicyclic) bond motifs is 1. The van der Waals surface area contributed by atoms with E-state index in [1.54, 1.807) is 30.3 Å². The van der Waals surface area contributed by atoms with Gasteiger partial charge in [-0.15, -0.1) is 0 Å². The standard InChI is InChI=1S/C29H34N2O6S/c1-5-24-17-30(38(34,35)29-10-8-7-9-28(29)37-24)16-23-15-22(12-11-20(23)3)25(18-36-19-32)27-14-13-26(21(4)33)31(27)6-2/h7-15,19,24-25H,5-6,16-18H2,1-4H3/t24-,25?/m1/s1. The average Bonchev–Trinajstić information content (AvgIpc) is 3.29. The van der Waals surface area contributed by atoms with Crippen LogP contribution >= 0.6 is 0 Å². The average molecular weight is 539 g/mol. The van der Waals surface area contributed by atoms with Crippen molar-refractivity contribution in [3.8, 4) is 5.75 Å². The Balaban J connectivity index is 1.75. The highest BCUT2D eigenvalue weighted by Crippen LogP contribution is 2.34. The summed E-state index contributed by atoms with van der Waals surface area (Å²) in [6, 6.07) is 16.3. The largest absolute Gasteiger partial charge is 0.488 e. The molecule has 0 fully saturated rings. The Hall–Kier alpha value is -3.43. The molecular formula is C29H34N2O6S. The van der Waals surface area contributed by atoms with E-state index in [1.807, 2.05) is 49.6 Å². The van der Waals surface area contributed by atoms with Crippen LogP contribution in [0.25, 0.3) is 0 Å². The summed E-state index contributed by atoms with van der Waals surface area (Å²) in [7, 11) is -3.80. The Morgan fingerprint density at radius 2 is 1.92 bits per heavy atom. The van der Waals surface area contributed by atoms with Gasteiger partial charge in [-0.2, -0.15) is 4.31 Å². The third-order valence-electron chi connectivity index (χ3n) is 7.12. The number of para-hydroxylation sites is 1. The zero-order valence-corrected chi connectivity index (χ0v) is 23.0. The lowest BCUT2D eigenvalue weighted by Crippen LogP contribution is -2.36. The molecule has 1 aliphatic rings. The van der Waals surface area contributed by atoms with Crippen molar-refractivity contribution in [2.75, 3.05) is 13.2 Å². The van der Waals surface area contributed by atoms with Crippen LogP contribution in [0, 0.1) is 6.92 Å². The van der Waals surface area contributed by atoms with Crippen molar-refractivity contribution in [3.63, 3.8) is 0 Å². The zero-order chi connectivity index (χ0) is 27.4. The van der Waals surface area contributed by atoms with Crippen molar-refractivity contribution in [2.24, 2.45) is 0 Å². The molecule has 1 unspecified atom stereocenters. The van der Waals surface area contributed by atoms with E-state index in [4.69, 9.17) is 9.47 Å². The fourth-order valence-corrected chi connectivity index (χ4v) is 6.58. The van der Waals surface area contributed by atoms with E-state index in [-0.39, 0.29) is 42.4 Å². The quantitative estimate of drug-likeness (QED) is 0.275. The topological polar surface area (TPSA) is 94.9 Å². The van der Waals surface area contributed by atoms with Crippen LogP contribution < -0.4 is 4.74 Å². The van der Waals surface area contributed by atoms with Gasteiger partial charge in [-0.25, -0.2) is 8.42 Å².